The number of ether oxygens (including phenoxy) is 1. The third-order valence-electron chi connectivity index (χ3n) is 2.94. The van der Waals surface area contributed by atoms with Crippen molar-refractivity contribution in [3.8, 4) is 0 Å². The van der Waals surface area contributed by atoms with Crippen molar-refractivity contribution in [3.05, 3.63) is 0 Å². The minimum atomic E-state index is -0.136. The van der Waals surface area contributed by atoms with Crippen LogP contribution in [-0.2, 0) is 9.53 Å². The lowest BCUT2D eigenvalue weighted by Gasteiger charge is -2.24. The van der Waals surface area contributed by atoms with Crippen molar-refractivity contribution in [1.29, 1.82) is 0 Å². The zero-order valence-electron chi connectivity index (χ0n) is 10.3. The molecule has 0 saturated heterocycles. The van der Waals surface area contributed by atoms with Gasteiger partial charge in [0.2, 0.25) is 0 Å². The topological polar surface area (TPSA) is 52.3 Å². The molecule has 0 amide bonds. The molecule has 0 radical (unpaired) electrons. The summed E-state index contributed by atoms with van der Waals surface area (Å²) in [7, 11) is 1.44. The molecule has 0 aliphatic heterocycles. The average molecular weight is 215 g/mol. The Morgan fingerprint density at radius 2 is 1.73 bits per heavy atom. The van der Waals surface area contributed by atoms with Crippen LogP contribution in [0.3, 0.4) is 0 Å². The zero-order valence-corrected chi connectivity index (χ0v) is 10.3. The molecule has 0 bridgehead atoms. The molecular weight excluding hydrogens is 190 g/mol. The molecule has 0 saturated carbocycles. The van der Waals surface area contributed by atoms with Gasteiger partial charge in [-0.05, 0) is 18.4 Å². The van der Waals surface area contributed by atoms with Gasteiger partial charge >= 0.3 is 5.97 Å². The van der Waals surface area contributed by atoms with E-state index in [1.807, 2.05) is 0 Å². The molecule has 0 fully saturated rings. The van der Waals surface area contributed by atoms with Crippen LogP contribution < -0.4 is 5.73 Å². The van der Waals surface area contributed by atoms with Crippen molar-refractivity contribution in [1.82, 2.24) is 0 Å². The third-order valence-corrected chi connectivity index (χ3v) is 2.94. The number of nitrogens with two attached hydrogens (primary N) is 1. The highest BCUT2D eigenvalue weighted by atomic mass is 16.5. The van der Waals surface area contributed by atoms with Crippen molar-refractivity contribution in [3.63, 3.8) is 0 Å². The highest BCUT2D eigenvalue weighted by Crippen LogP contribution is 2.25. The fraction of sp³-hybridized carbons (Fsp3) is 0.917. The van der Waals surface area contributed by atoms with E-state index < -0.39 is 0 Å². The SMILES string of the molecule is CCCC(CCC)C(CN)CC(=O)OC. The molecular formula is C12H25NO2. The van der Waals surface area contributed by atoms with Crippen LogP contribution in [-0.4, -0.2) is 19.6 Å². The smallest absolute Gasteiger partial charge is 0.305 e. The Balaban J connectivity index is 4.23. The minimum absolute atomic E-state index is 0.136. The molecule has 15 heavy (non-hydrogen) atoms. The maximum absolute atomic E-state index is 11.2. The van der Waals surface area contributed by atoms with Crippen LogP contribution in [0.4, 0.5) is 0 Å². The number of hydrogen-bond donors (Lipinski definition) is 1. The molecule has 1 atom stereocenters. The number of methoxy groups -OCH3 is 1. The molecule has 0 heterocycles. The summed E-state index contributed by atoms with van der Waals surface area (Å²) in [5.74, 6) is 0.726. The van der Waals surface area contributed by atoms with E-state index in [2.05, 4.69) is 13.8 Å². The second kappa shape index (κ2) is 8.72. The Bertz CT molecular complexity index is 165. The van der Waals surface area contributed by atoms with Gasteiger partial charge in [0.05, 0.1) is 7.11 Å². The molecule has 2 N–H and O–H groups in total. The van der Waals surface area contributed by atoms with Gasteiger partial charge in [0, 0.05) is 6.42 Å². The van der Waals surface area contributed by atoms with Gasteiger partial charge in [-0.15, -0.1) is 0 Å². The largest absolute Gasteiger partial charge is 0.469 e. The first-order valence-corrected chi connectivity index (χ1v) is 5.96. The Kier molecular flexibility index (Phi) is 8.38. The van der Waals surface area contributed by atoms with Gasteiger partial charge in [0.1, 0.15) is 0 Å². The normalized spacial score (nSPS) is 12.9. The Morgan fingerprint density at radius 1 is 1.20 bits per heavy atom. The summed E-state index contributed by atoms with van der Waals surface area (Å²) in [6.07, 6.45) is 5.10. The maximum Gasteiger partial charge on any atom is 0.305 e. The Labute approximate surface area is 93.4 Å². The second-order valence-corrected chi connectivity index (χ2v) is 4.11. The fourth-order valence-corrected chi connectivity index (χ4v) is 2.10. The van der Waals surface area contributed by atoms with E-state index in [4.69, 9.17) is 10.5 Å². The van der Waals surface area contributed by atoms with Crippen LogP contribution in [0.2, 0.25) is 0 Å². The molecule has 0 aliphatic rings. The molecule has 0 aromatic carbocycles. The van der Waals surface area contributed by atoms with E-state index in [0.29, 0.717) is 18.9 Å². The summed E-state index contributed by atoms with van der Waals surface area (Å²) >= 11 is 0. The predicted molar refractivity (Wildman–Crippen MR) is 62.5 cm³/mol. The summed E-state index contributed by atoms with van der Waals surface area (Å²) in [6.45, 7) is 4.93. The number of hydrogen-bond acceptors (Lipinski definition) is 3. The molecule has 0 spiro atoms. The van der Waals surface area contributed by atoms with Crippen molar-refractivity contribution < 1.29 is 9.53 Å². The van der Waals surface area contributed by atoms with Crippen LogP contribution in [0.1, 0.15) is 46.0 Å². The second-order valence-electron chi connectivity index (χ2n) is 4.11. The zero-order chi connectivity index (χ0) is 11.7. The molecule has 90 valence electrons. The highest BCUT2D eigenvalue weighted by molar-refractivity contribution is 5.69. The van der Waals surface area contributed by atoms with Crippen LogP contribution in [0, 0.1) is 11.8 Å². The van der Waals surface area contributed by atoms with Crippen molar-refractivity contribution >= 4 is 5.97 Å². The number of carbonyl (C=O) groups is 1. The lowest BCUT2D eigenvalue weighted by Crippen LogP contribution is -2.26. The average Bonchev–Trinajstić information content (AvgIpc) is 2.25. The van der Waals surface area contributed by atoms with Gasteiger partial charge in [0.15, 0.2) is 0 Å². The molecule has 1 unspecified atom stereocenters. The van der Waals surface area contributed by atoms with E-state index >= 15 is 0 Å². The van der Waals surface area contributed by atoms with E-state index in [-0.39, 0.29) is 11.9 Å². The van der Waals surface area contributed by atoms with Crippen LogP contribution in [0.5, 0.6) is 0 Å². The summed E-state index contributed by atoms with van der Waals surface area (Å²) in [4.78, 5) is 11.2. The van der Waals surface area contributed by atoms with Gasteiger partial charge in [0.25, 0.3) is 0 Å². The van der Waals surface area contributed by atoms with Gasteiger partial charge < -0.3 is 10.5 Å². The molecule has 0 aliphatic carbocycles. The number of esters is 1. The summed E-state index contributed by atoms with van der Waals surface area (Å²) in [6, 6.07) is 0. The van der Waals surface area contributed by atoms with Gasteiger partial charge in [-0.2, -0.15) is 0 Å². The quantitative estimate of drug-likeness (QED) is 0.632. The van der Waals surface area contributed by atoms with Gasteiger partial charge in [-0.3, -0.25) is 4.79 Å². The van der Waals surface area contributed by atoms with E-state index in [0.717, 1.165) is 25.7 Å². The molecule has 0 aromatic heterocycles. The molecule has 3 heteroatoms. The van der Waals surface area contributed by atoms with Crippen LogP contribution in [0.25, 0.3) is 0 Å². The van der Waals surface area contributed by atoms with Crippen molar-refractivity contribution in [2.75, 3.05) is 13.7 Å². The predicted octanol–water partition coefficient (Wildman–Crippen LogP) is 2.34. The van der Waals surface area contributed by atoms with Gasteiger partial charge in [-0.25, -0.2) is 0 Å². The molecule has 0 aromatic rings. The first-order valence-electron chi connectivity index (χ1n) is 5.96. The molecule has 0 rings (SSSR count). The third kappa shape index (κ3) is 5.78. The first kappa shape index (κ1) is 14.4. The van der Waals surface area contributed by atoms with E-state index in [9.17, 15) is 4.79 Å². The number of carbonyl (C=O) groups excluding carboxylic acids is 1. The minimum Gasteiger partial charge on any atom is -0.469 e. The first-order chi connectivity index (χ1) is 7.19. The summed E-state index contributed by atoms with van der Waals surface area (Å²) < 4.78 is 4.69. The lowest BCUT2D eigenvalue weighted by atomic mass is 9.83. The Hall–Kier alpha value is -0.570. The monoisotopic (exact) mass is 215 g/mol. The van der Waals surface area contributed by atoms with Crippen LogP contribution in [0.15, 0.2) is 0 Å². The highest BCUT2D eigenvalue weighted by Gasteiger charge is 2.21. The van der Waals surface area contributed by atoms with Crippen molar-refractivity contribution in [2.45, 2.75) is 46.0 Å². The maximum atomic E-state index is 11.2. The standard InChI is InChI=1S/C12H25NO2/c1-4-6-10(7-5-2)11(9-13)8-12(14)15-3/h10-11H,4-9,13H2,1-3H3. The lowest BCUT2D eigenvalue weighted by molar-refractivity contribution is -0.142. The van der Waals surface area contributed by atoms with E-state index in [1.54, 1.807) is 0 Å². The van der Waals surface area contributed by atoms with Gasteiger partial charge in [-0.1, -0.05) is 39.5 Å². The van der Waals surface area contributed by atoms with Crippen LogP contribution >= 0.6 is 0 Å². The summed E-state index contributed by atoms with van der Waals surface area (Å²) in [5.41, 5.74) is 5.73. The fourth-order valence-electron chi connectivity index (χ4n) is 2.10. The van der Waals surface area contributed by atoms with Crippen molar-refractivity contribution in [2.24, 2.45) is 17.6 Å². The van der Waals surface area contributed by atoms with E-state index in [1.165, 1.54) is 7.11 Å². The Morgan fingerprint density at radius 3 is 2.07 bits per heavy atom. The number of rotatable bonds is 8. The molecule has 3 nitrogen and oxygen atoms in total. The summed E-state index contributed by atoms with van der Waals surface area (Å²) in [5, 5.41) is 0.